The second-order valence-electron chi connectivity index (χ2n) is 2.84. The molecule has 0 saturated carbocycles. The standard InChI is InChI=1S/C7H12N4O2/c1-4(8)2-9-6(12)5-3-10-7(13)11-5/h3-4H,2,8H2,1H3,(H,9,12)(H2,10,11,13). The van der Waals surface area contributed by atoms with E-state index in [9.17, 15) is 9.59 Å². The Hall–Kier alpha value is -1.56. The van der Waals surface area contributed by atoms with Crippen molar-refractivity contribution in [3.05, 3.63) is 22.4 Å². The molecule has 1 rings (SSSR count). The number of nitrogens with one attached hydrogen (secondary N) is 3. The van der Waals surface area contributed by atoms with Crippen LogP contribution in [0, 0.1) is 0 Å². The van der Waals surface area contributed by atoms with Crippen LogP contribution in [0.1, 0.15) is 17.4 Å². The Kier molecular flexibility index (Phi) is 2.86. The fraction of sp³-hybridized carbons (Fsp3) is 0.429. The summed E-state index contributed by atoms with van der Waals surface area (Å²) in [6.07, 6.45) is 1.32. The second-order valence-corrected chi connectivity index (χ2v) is 2.84. The maximum Gasteiger partial charge on any atom is 0.323 e. The van der Waals surface area contributed by atoms with Gasteiger partial charge in [0.25, 0.3) is 5.91 Å². The lowest BCUT2D eigenvalue weighted by atomic mass is 10.3. The van der Waals surface area contributed by atoms with Crippen LogP contribution >= 0.6 is 0 Å². The van der Waals surface area contributed by atoms with Crippen molar-refractivity contribution in [3.63, 3.8) is 0 Å². The summed E-state index contributed by atoms with van der Waals surface area (Å²) < 4.78 is 0. The maximum absolute atomic E-state index is 11.2. The molecule has 0 bridgehead atoms. The molecule has 5 N–H and O–H groups in total. The van der Waals surface area contributed by atoms with Crippen molar-refractivity contribution in [2.45, 2.75) is 13.0 Å². The average molecular weight is 184 g/mol. The number of aromatic nitrogens is 2. The minimum atomic E-state index is -0.397. The molecule has 6 heteroatoms. The lowest BCUT2D eigenvalue weighted by Gasteiger charge is -2.05. The van der Waals surface area contributed by atoms with Crippen LogP contribution in [0.3, 0.4) is 0 Å². The van der Waals surface area contributed by atoms with Gasteiger partial charge in [-0.1, -0.05) is 0 Å². The number of H-pyrrole nitrogens is 2. The number of amides is 1. The van der Waals surface area contributed by atoms with Crippen LogP contribution in [0.5, 0.6) is 0 Å². The maximum atomic E-state index is 11.2. The average Bonchev–Trinajstić information content (AvgIpc) is 2.47. The van der Waals surface area contributed by atoms with Crippen molar-refractivity contribution >= 4 is 5.91 Å². The van der Waals surface area contributed by atoms with Gasteiger partial charge in [0, 0.05) is 18.8 Å². The van der Waals surface area contributed by atoms with E-state index in [1.54, 1.807) is 6.92 Å². The van der Waals surface area contributed by atoms with Crippen LogP contribution in [0.25, 0.3) is 0 Å². The van der Waals surface area contributed by atoms with Crippen LogP contribution in [-0.2, 0) is 0 Å². The number of carbonyl (C=O) groups is 1. The minimum Gasteiger partial charge on any atom is -0.349 e. The molecule has 0 radical (unpaired) electrons. The molecule has 1 heterocycles. The largest absolute Gasteiger partial charge is 0.349 e. The predicted octanol–water partition coefficient (Wildman–Crippen LogP) is -1.22. The summed E-state index contributed by atoms with van der Waals surface area (Å²) in [5.41, 5.74) is 5.25. The molecule has 0 aliphatic carbocycles. The van der Waals surface area contributed by atoms with Crippen molar-refractivity contribution in [2.24, 2.45) is 5.73 Å². The van der Waals surface area contributed by atoms with E-state index in [-0.39, 0.29) is 17.6 Å². The summed E-state index contributed by atoms with van der Waals surface area (Å²) in [7, 11) is 0. The fourth-order valence-electron chi connectivity index (χ4n) is 0.803. The first-order valence-electron chi connectivity index (χ1n) is 3.91. The van der Waals surface area contributed by atoms with E-state index < -0.39 is 5.69 Å². The highest BCUT2D eigenvalue weighted by Gasteiger charge is 2.07. The van der Waals surface area contributed by atoms with E-state index in [2.05, 4.69) is 15.3 Å². The van der Waals surface area contributed by atoms with Gasteiger partial charge >= 0.3 is 5.69 Å². The van der Waals surface area contributed by atoms with E-state index in [0.29, 0.717) is 6.54 Å². The Morgan fingerprint density at radius 1 is 1.77 bits per heavy atom. The smallest absolute Gasteiger partial charge is 0.323 e. The van der Waals surface area contributed by atoms with E-state index in [1.807, 2.05) is 0 Å². The summed E-state index contributed by atoms with van der Waals surface area (Å²) in [6, 6.07) is -0.102. The number of imidazole rings is 1. The van der Waals surface area contributed by atoms with Crippen molar-refractivity contribution in [3.8, 4) is 0 Å². The van der Waals surface area contributed by atoms with Crippen LogP contribution < -0.4 is 16.7 Å². The molecule has 1 aromatic rings. The van der Waals surface area contributed by atoms with Gasteiger partial charge in [-0.15, -0.1) is 0 Å². The Balaban J connectivity index is 2.54. The molecule has 0 aliphatic heterocycles. The van der Waals surface area contributed by atoms with E-state index >= 15 is 0 Å². The van der Waals surface area contributed by atoms with Crippen molar-refractivity contribution in [1.82, 2.24) is 15.3 Å². The summed E-state index contributed by atoms with van der Waals surface area (Å²) in [4.78, 5) is 26.5. The second kappa shape index (κ2) is 3.90. The molecule has 72 valence electrons. The Bertz CT molecular complexity index is 338. The molecular weight excluding hydrogens is 172 g/mol. The molecule has 1 aromatic heterocycles. The number of aromatic amines is 2. The quantitative estimate of drug-likeness (QED) is 0.473. The fourth-order valence-corrected chi connectivity index (χ4v) is 0.803. The van der Waals surface area contributed by atoms with Crippen molar-refractivity contribution in [2.75, 3.05) is 6.54 Å². The summed E-state index contributed by atoms with van der Waals surface area (Å²) in [5, 5.41) is 2.56. The molecular formula is C7H12N4O2. The number of hydrogen-bond donors (Lipinski definition) is 4. The first-order chi connectivity index (χ1) is 6.09. The molecule has 0 fully saturated rings. The summed E-state index contributed by atoms with van der Waals surface area (Å²) in [6.45, 7) is 2.16. The van der Waals surface area contributed by atoms with Gasteiger partial charge in [0.05, 0.1) is 0 Å². The van der Waals surface area contributed by atoms with Gasteiger partial charge in [-0.2, -0.15) is 0 Å². The van der Waals surface area contributed by atoms with Gasteiger partial charge in [-0.05, 0) is 6.92 Å². The molecule has 6 nitrogen and oxygen atoms in total. The summed E-state index contributed by atoms with van der Waals surface area (Å²) in [5.74, 6) is -0.337. The Labute approximate surface area is 74.5 Å². The van der Waals surface area contributed by atoms with Crippen LogP contribution in [-0.4, -0.2) is 28.5 Å². The number of hydrogen-bond acceptors (Lipinski definition) is 3. The third-order valence-electron chi connectivity index (χ3n) is 1.43. The lowest BCUT2D eigenvalue weighted by molar-refractivity contribution is 0.0947. The Morgan fingerprint density at radius 3 is 2.92 bits per heavy atom. The topological polar surface area (TPSA) is 104 Å². The van der Waals surface area contributed by atoms with Crippen LogP contribution in [0.4, 0.5) is 0 Å². The molecule has 1 unspecified atom stereocenters. The Morgan fingerprint density at radius 2 is 2.46 bits per heavy atom. The molecule has 0 aromatic carbocycles. The molecule has 1 amide bonds. The normalized spacial score (nSPS) is 12.5. The molecule has 0 spiro atoms. The molecule has 13 heavy (non-hydrogen) atoms. The zero-order chi connectivity index (χ0) is 9.84. The third kappa shape index (κ3) is 2.75. The zero-order valence-corrected chi connectivity index (χ0v) is 7.26. The number of nitrogens with two attached hydrogens (primary N) is 1. The predicted molar refractivity (Wildman–Crippen MR) is 47.4 cm³/mol. The van der Waals surface area contributed by atoms with E-state index in [1.165, 1.54) is 6.20 Å². The van der Waals surface area contributed by atoms with E-state index in [0.717, 1.165) is 0 Å². The van der Waals surface area contributed by atoms with Gasteiger partial charge in [-0.25, -0.2) is 4.79 Å². The van der Waals surface area contributed by atoms with Gasteiger partial charge in [0.1, 0.15) is 5.69 Å². The van der Waals surface area contributed by atoms with Crippen LogP contribution in [0.2, 0.25) is 0 Å². The molecule has 1 atom stereocenters. The van der Waals surface area contributed by atoms with Gasteiger partial charge in [0.15, 0.2) is 0 Å². The van der Waals surface area contributed by atoms with Crippen LogP contribution in [0.15, 0.2) is 11.0 Å². The highest BCUT2D eigenvalue weighted by Crippen LogP contribution is 1.86. The van der Waals surface area contributed by atoms with Crippen molar-refractivity contribution < 1.29 is 4.79 Å². The first-order valence-corrected chi connectivity index (χ1v) is 3.91. The zero-order valence-electron chi connectivity index (χ0n) is 7.26. The van der Waals surface area contributed by atoms with Crippen molar-refractivity contribution in [1.29, 1.82) is 0 Å². The monoisotopic (exact) mass is 184 g/mol. The van der Waals surface area contributed by atoms with Gasteiger partial charge in [-0.3, -0.25) is 4.79 Å². The molecule has 0 aliphatic rings. The molecule has 0 saturated heterocycles. The SMILES string of the molecule is CC(N)CNC(=O)c1c[nH]c(=O)[nH]1. The third-order valence-corrected chi connectivity index (χ3v) is 1.43. The van der Waals surface area contributed by atoms with Gasteiger partial charge in [0.2, 0.25) is 0 Å². The number of carbonyl (C=O) groups excluding carboxylic acids is 1. The highest BCUT2D eigenvalue weighted by molar-refractivity contribution is 5.91. The first kappa shape index (κ1) is 9.53. The van der Waals surface area contributed by atoms with Gasteiger partial charge < -0.3 is 21.0 Å². The number of rotatable bonds is 3. The van der Waals surface area contributed by atoms with E-state index in [4.69, 9.17) is 5.73 Å². The minimum absolute atomic E-state index is 0.102. The lowest BCUT2D eigenvalue weighted by Crippen LogP contribution is -2.35. The summed E-state index contributed by atoms with van der Waals surface area (Å²) >= 11 is 0. The highest BCUT2D eigenvalue weighted by atomic mass is 16.2.